The highest BCUT2D eigenvalue weighted by Crippen LogP contribution is 2.44. The van der Waals surface area contributed by atoms with E-state index >= 15 is 0 Å². The predicted molar refractivity (Wildman–Crippen MR) is 118 cm³/mol. The maximum Gasteiger partial charge on any atom is 0.319 e. The van der Waals surface area contributed by atoms with Crippen molar-refractivity contribution >= 4 is 33.6 Å². The highest BCUT2D eigenvalue weighted by atomic mass is 79.9. The summed E-state index contributed by atoms with van der Waals surface area (Å²) in [4.78, 5) is 39.0. The molecule has 3 atom stereocenters. The SMILES string of the molecule is CC[C@H](C(=O)c1ccc(Br)cc1)[C@H]1[C@H](C(=O)NCc2ccccc2)C(=O)OC1(C)C. The zero-order valence-corrected chi connectivity index (χ0v) is 18.9. The summed E-state index contributed by atoms with van der Waals surface area (Å²) in [5.74, 6) is -3.14. The lowest BCUT2D eigenvalue weighted by atomic mass is 9.70. The molecule has 1 heterocycles. The van der Waals surface area contributed by atoms with Crippen molar-refractivity contribution in [3.8, 4) is 0 Å². The molecular weight excluding hydrogens is 446 g/mol. The molecule has 1 aliphatic rings. The first kappa shape index (κ1) is 22.2. The van der Waals surface area contributed by atoms with E-state index in [1.54, 1.807) is 26.0 Å². The van der Waals surface area contributed by atoms with Crippen LogP contribution in [0.25, 0.3) is 0 Å². The Morgan fingerprint density at radius 2 is 1.73 bits per heavy atom. The van der Waals surface area contributed by atoms with Gasteiger partial charge in [0.05, 0.1) is 0 Å². The molecule has 0 aliphatic carbocycles. The number of esters is 1. The van der Waals surface area contributed by atoms with Crippen LogP contribution in [0.2, 0.25) is 0 Å². The Balaban J connectivity index is 1.85. The third kappa shape index (κ3) is 4.64. The second-order valence-electron chi connectivity index (χ2n) is 8.12. The number of halogens is 1. The van der Waals surface area contributed by atoms with Crippen LogP contribution in [0.4, 0.5) is 0 Å². The molecule has 1 amide bonds. The normalized spacial score (nSPS) is 21.0. The molecule has 0 radical (unpaired) electrons. The fourth-order valence-electron chi connectivity index (χ4n) is 4.25. The number of ketones is 1. The summed E-state index contributed by atoms with van der Waals surface area (Å²) in [5, 5.41) is 2.85. The van der Waals surface area contributed by atoms with Gasteiger partial charge in [0.15, 0.2) is 5.78 Å². The predicted octanol–water partition coefficient (Wildman–Crippen LogP) is 4.54. The number of ether oxygens (including phenoxy) is 1. The molecule has 2 aromatic rings. The van der Waals surface area contributed by atoms with Gasteiger partial charge in [-0.3, -0.25) is 14.4 Å². The van der Waals surface area contributed by atoms with Crippen molar-refractivity contribution in [3.05, 3.63) is 70.2 Å². The fourth-order valence-corrected chi connectivity index (χ4v) is 4.52. The molecule has 6 heteroatoms. The van der Waals surface area contributed by atoms with Crippen LogP contribution < -0.4 is 5.32 Å². The minimum Gasteiger partial charge on any atom is -0.459 e. The van der Waals surface area contributed by atoms with E-state index < -0.39 is 35.2 Å². The molecule has 3 rings (SSSR count). The van der Waals surface area contributed by atoms with Gasteiger partial charge in [-0.15, -0.1) is 0 Å². The van der Waals surface area contributed by atoms with Crippen LogP contribution in [0.3, 0.4) is 0 Å². The highest BCUT2D eigenvalue weighted by Gasteiger charge is 2.57. The van der Waals surface area contributed by atoms with E-state index in [9.17, 15) is 14.4 Å². The fraction of sp³-hybridized carbons (Fsp3) is 0.375. The summed E-state index contributed by atoms with van der Waals surface area (Å²) >= 11 is 3.38. The lowest BCUT2D eigenvalue weighted by molar-refractivity contribution is -0.150. The van der Waals surface area contributed by atoms with Crippen molar-refractivity contribution in [2.75, 3.05) is 0 Å². The van der Waals surface area contributed by atoms with Gasteiger partial charge >= 0.3 is 5.97 Å². The second kappa shape index (κ2) is 9.13. The number of nitrogens with one attached hydrogen (secondary N) is 1. The molecule has 0 spiro atoms. The number of hydrogen-bond acceptors (Lipinski definition) is 4. The molecule has 5 nitrogen and oxygen atoms in total. The van der Waals surface area contributed by atoms with Crippen molar-refractivity contribution < 1.29 is 19.1 Å². The standard InChI is InChI=1S/C24H26BrNO4/c1-4-18(21(27)16-10-12-17(25)13-11-16)20-19(23(29)30-24(20,2)3)22(28)26-14-15-8-6-5-7-9-15/h5-13,18-20H,4,14H2,1-3H3,(H,26,28)/t18-,19+,20-/m0/s1. The van der Waals surface area contributed by atoms with E-state index in [0.717, 1.165) is 10.0 Å². The summed E-state index contributed by atoms with van der Waals surface area (Å²) in [6, 6.07) is 16.6. The first-order valence-corrected chi connectivity index (χ1v) is 10.9. The van der Waals surface area contributed by atoms with Crippen LogP contribution in [-0.4, -0.2) is 23.3 Å². The van der Waals surface area contributed by atoms with Gasteiger partial charge in [0.1, 0.15) is 11.5 Å². The largest absolute Gasteiger partial charge is 0.459 e. The summed E-state index contributed by atoms with van der Waals surface area (Å²) in [7, 11) is 0. The minimum absolute atomic E-state index is 0.0813. The number of carbonyl (C=O) groups excluding carboxylic acids is 3. The van der Waals surface area contributed by atoms with E-state index in [2.05, 4.69) is 21.2 Å². The van der Waals surface area contributed by atoms with Gasteiger partial charge in [-0.1, -0.05) is 65.3 Å². The number of benzene rings is 2. The molecule has 1 aliphatic heterocycles. The maximum atomic E-state index is 13.3. The number of carbonyl (C=O) groups is 3. The van der Waals surface area contributed by atoms with E-state index in [1.807, 2.05) is 49.4 Å². The van der Waals surface area contributed by atoms with Crippen LogP contribution >= 0.6 is 15.9 Å². The van der Waals surface area contributed by atoms with Gasteiger partial charge in [0, 0.05) is 28.4 Å². The van der Waals surface area contributed by atoms with Crippen LogP contribution in [0.15, 0.2) is 59.1 Å². The lowest BCUT2D eigenvalue weighted by Crippen LogP contribution is -2.44. The van der Waals surface area contributed by atoms with Gasteiger partial charge < -0.3 is 10.1 Å². The van der Waals surface area contributed by atoms with Crippen molar-refractivity contribution in [3.63, 3.8) is 0 Å². The summed E-state index contributed by atoms with van der Waals surface area (Å²) in [6.45, 7) is 5.77. The summed E-state index contributed by atoms with van der Waals surface area (Å²) in [5.41, 5.74) is 0.576. The smallest absolute Gasteiger partial charge is 0.319 e. The lowest BCUT2D eigenvalue weighted by Gasteiger charge is -2.32. The Morgan fingerprint density at radius 3 is 2.33 bits per heavy atom. The number of amides is 1. The number of cyclic esters (lactones) is 1. The molecule has 1 N–H and O–H groups in total. The van der Waals surface area contributed by atoms with E-state index in [4.69, 9.17) is 4.74 Å². The Hall–Kier alpha value is -2.47. The third-order valence-electron chi connectivity index (χ3n) is 5.71. The Bertz CT molecular complexity index is 924. The van der Waals surface area contributed by atoms with Crippen LogP contribution in [0, 0.1) is 17.8 Å². The van der Waals surface area contributed by atoms with E-state index in [1.165, 1.54) is 0 Å². The van der Waals surface area contributed by atoms with Gasteiger partial charge in [-0.25, -0.2) is 0 Å². The highest BCUT2D eigenvalue weighted by molar-refractivity contribution is 9.10. The molecular formula is C24H26BrNO4. The van der Waals surface area contributed by atoms with Crippen molar-refractivity contribution in [1.29, 1.82) is 0 Å². The van der Waals surface area contributed by atoms with Crippen LogP contribution in [-0.2, 0) is 20.9 Å². The summed E-state index contributed by atoms with van der Waals surface area (Å²) < 4.78 is 6.46. The van der Waals surface area contributed by atoms with Gasteiger partial charge in [0.2, 0.25) is 5.91 Å². The minimum atomic E-state index is -1.02. The zero-order valence-electron chi connectivity index (χ0n) is 17.4. The molecule has 0 saturated carbocycles. The first-order chi connectivity index (χ1) is 14.2. The molecule has 0 bridgehead atoms. The van der Waals surface area contributed by atoms with Crippen molar-refractivity contribution in [2.24, 2.45) is 17.8 Å². The van der Waals surface area contributed by atoms with E-state index in [0.29, 0.717) is 18.5 Å². The monoisotopic (exact) mass is 471 g/mol. The van der Waals surface area contributed by atoms with E-state index in [-0.39, 0.29) is 5.78 Å². The number of Topliss-reactive ketones (excluding diaryl/α,β-unsaturated/α-hetero) is 1. The van der Waals surface area contributed by atoms with Crippen molar-refractivity contribution in [1.82, 2.24) is 5.32 Å². The third-order valence-corrected chi connectivity index (χ3v) is 6.24. The second-order valence-corrected chi connectivity index (χ2v) is 9.03. The van der Waals surface area contributed by atoms with Gasteiger partial charge in [-0.2, -0.15) is 0 Å². The number of rotatable bonds is 7. The van der Waals surface area contributed by atoms with Gasteiger partial charge in [0.25, 0.3) is 0 Å². The Kier molecular flexibility index (Phi) is 6.76. The molecule has 2 aromatic carbocycles. The quantitative estimate of drug-likeness (QED) is 0.365. The molecule has 1 fully saturated rings. The zero-order chi connectivity index (χ0) is 21.9. The van der Waals surface area contributed by atoms with Crippen molar-refractivity contribution in [2.45, 2.75) is 39.3 Å². The first-order valence-electron chi connectivity index (χ1n) is 10.1. The molecule has 30 heavy (non-hydrogen) atoms. The maximum absolute atomic E-state index is 13.3. The Morgan fingerprint density at radius 1 is 1.10 bits per heavy atom. The molecule has 158 valence electrons. The van der Waals surface area contributed by atoms with Crippen LogP contribution in [0.1, 0.15) is 43.1 Å². The molecule has 0 unspecified atom stereocenters. The average molecular weight is 472 g/mol. The topological polar surface area (TPSA) is 72.5 Å². The average Bonchev–Trinajstić information content (AvgIpc) is 2.96. The Labute approximate surface area is 185 Å². The summed E-state index contributed by atoms with van der Waals surface area (Å²) in [6.07, 6.45) is 0.502. The molecule has 0 aromatic heterocycles. The number of hydrogen-bond donors (Lipinski definition) is 1. The van der Waals surface area contributed by atoms with Crippen LogP contribution in [0.5, 0.6) is 0 Å². The van der Waals surface area contributed by atoms with Gasteiger partial charge in [-0.05, 0) is 38.0 Å². The molecule has 1 saturated heterocycles.